The summed E-state index contributed by atoms with van der Waals surface area (Å²) in [6.45, 7) is 12.1. The molecule has 13 heavy (non-hydrogen) atoms. The van der Waals surface area contributed by atoms with Crippen LogP contribution in [0.4, 0.5) is 0 Å². The van der Waals surface area contributed by atoms with Crippen molar-refractivity contribution in [3.63, 3.8) is 0 Å². The lowest BCUT2D eigenvalue weighted by atomic mass is 9.90. The molecule has 0 aliphatic carbocycles. The van der Waals surface area contributed by atoms with Crippen molar-refractivity contribution in [2.75, 3.05) is 19.6 Å². The van der Waals surface area contributed by atoms with E-state index in [1.165, 1.54) is 6.42 Å². The second-order valence-corrected chi connectivity index (χ2v) is 4.83. The minimum absolute atomic E-state index is 0.433. The Kier molecular flexibility index (Phi) is 6.35. The first-order chi connectivity index (χ1) is 6.02. The van der Waals surface area contributed by atoms with Gasteiger partial charge in [0.2, 0.25) is 0 Å². The fourth-order valence-corrected chi connectivity index (χ4v) is 1.17. The van der Waals surface area contributed by atoms with Crippen LogP contribution in [-0.2, 0) is 0 Å². The van der Waals surface area contributed by atoms with Crippen LogP contribution >= 0.6 is 0 Å². The molecule has 1 unspecified atom stereocenters. The Labute approximate surface area is 83.3 Å². The Balaban J connectivity index is 3.44. The summed E-state index contributed by atoms with van der Waals surface area (Å²) in [5.74, 6) is 0.706. The molecular weight excluding hydrogens is 160 g/mol. The summed E-state index contributed by atoms with van der Waals surface area (Å²) >= 11 is 0. The van der Waals surface area contributed by atoms with E-state index < -0.39 is 0 Å². The summed E-state index contributed by atoms with van der Waals surface area (Å²) in [4.78, 5) is 0. The normalized spacial score (nSPS) is 14.5. The highest BCUT2D eigenvalue weighted by atomic mass is 14.9. The Morgan fingerprint density at radius 1 is 1.38 bits per heavy atom. The molecule has 2 heteroatoms. The highest BCUT2D eigenvalue weighted by molar-refractivity contribution is 4.70. The third-order valence-electron chi connectivity index (χ3n) is 2.71. The molecule has 0 aromatic heterocycles. The van der Waals surface area contributed by atoms with Gasteiger partial charge in [-0.1, -0.05) is 27.7 Å². The molecule has 1 atom stereocenters. The van der Waals surface area contributed by atoms with Crippen LogP contribution in [0.3, 0.4) is 0 Å². The van der Waals surface area contributed by atoms with E-state index in [-0.39, 0.29) is 0 Å². The first kappa shape index (κ1) is 12.9. The van der Waals surface area contributed by atoms with Crippen LogP contribution in [0, 0.1) is 11.3 Å². The molecule has 80 valence electrons. The highest BCUT2D eigenvalue weighted by Crippen LogP contribution is 2.17. The van der Waals surface area contributed by atoms with Gasteiger partial charge in [-0.15, -0.1) is 0 Å². The van der Waals surface area contributed by atoms with Crippen molar-refractivity contribution in [1.29, 1.82) is 0 Å². The van der Waals surface area contributed by atoms with Crippen molar-refractivity contribution in [1.82, 2.24) is 5.32 Å². The number of nitrogens with two attached hydrogens (primary N) is 1. The van der Waals surface area contributed by atoms with Crippen molar-refractivity contribution in [3.8, 4) is 0 Å². The number of hydrogen-bond donors (Lipinski definition) is 2. The molecule has 0 heterocycles. The van der Waals surface area contributed by atoms with E-state index in [9.17, 15) is 0 Å². The van der Waals surface area contributed by atoms with Gasteiger partial charge in [0.1, 0.15) is 0 Å². The van der Waals surface area contributed by atoms with Crippen LogP contribution in [0.1, 0.15) is 40.5 Å². The Morgan fingerprint density at radius 2 is 2.00 bits per heavy atom. The predicted octanol–water partition coefficient (Wildman–Crippen LogP) is 2.00. The second kappa shape index (κ2) is 6.39. The van der Waals surface area contributed by atoms with Gasteiger partial charge >= 0.3 is 0 Å². The Hall–Kier alpha value is -0.0800. The van der Waals surface area contributed by atoms with Crippen molar-refractivity contribution in [2.45, 2.75) is 40.5 Å². The van der Waals surface area contributed by atoms with Crippen LogP contribution < -0.4 is 11.1 Å². The molecule has 0 rings (SSSR count). The minimum Gasteiger partial charge on any atom is -0.330 e. The quantitative estimate of drug-likeness (QED) is 0.638. The van der Waals surface area contributed by atoms with Crippen molar-refractivity contribution < 1.29 is 0 Å². The molecule has 0 radical (unpaired) electrons. The van der Waals surface area contributed by atoms with E-state index in [2.05, 4.69) is 33.0 Å². The predicted molar refractivity (Wildman–Crippen MR) is 59.8 cm³/mol. The molecule has 0 saturated carbocycles. The molecular formula is C11H26N2. The van der Waals surface area contributed by atoms with Crippen LogP contribution in [0.25, 0.3) is 0 Å². The SMILES string of the molecule is CCC(C)(C)CNCC(C)CCN. The topological polar surface area (TPSA) is 38.0 Å². The molecule has 2 nitrogen and oxygen atoms in total. The number of nitrogens with one attached hydrogen (secondary N) is 1. The first-order valence-corrected chi connectivity index (χ1v) is 5.42. The van der Waals surface area contributed by atoms with Crippen LogP contribution in [0.15, 0.2) is 0 Å². The lowest BCUT2D eigenvalue weighted by molar-refractivity contribution is 0.316. The van der Waals surface area contributed by atoms with Gasteiger partial charge in [0.15, 0.2) is 0 Å². The fourth-order valence-electron chi connectivity index (χ4n) is 1.17. The van der Waals surface area contributed by atoms with E-state index in [0.717, 1.165) is 26.1 Å². The third-order valence-corrected chi connectivity index (χ3v) is 2.71. The summed E-state index contributed by atoms with van der Waals surface area (Å²) in [6.07, 6.45) is 2.35. The average Bonchev–Trinajstić information content (AvgIpc) is 2.05. The fraction of sp³-hybridized carbons (Fsp3) is 1.00. The molecule has 0 amide bonds. The largest absolute Gasteiger partial charge is 0.330 e. The van der Waals surface area contributed by atoms with Gasteiger partial charge in [0.25, 0.3) is 0 Å². The van der Waals surface area contributed by atoms with Gasteiger partial charge in [-0.05, 0) is 37.3 Å². The van der Waals surface area contributed by atoms with E-state index in [0.29, 0.717) is 11.3 Å². The zero-order valence-electron chi connectivity index (χ0n) is 9.69. The summed E-state index contributed by atoms with van der Waals surface area (Å²) in [7, 11) is 0. The van der Waals surface area contributed by atoms with E-state index in [4.69, 9.17) is 5.73 Å². The van der Waals surface area contributed by atoms with Gasteiger partial charge < -0.3 is 11.1 Å². The molecule has 0 aliphatic rings. The maximum Gasteiger partial charge on any atom is 0.000253 e. The smallest absolute Gasteiger partial charge is 0.000253 e. The maximum absolute atomic E-state index is 5.49. The maximum atomic E-state index is 5.49. The summed E-state index contributed by atoms with van der Waals surface area (Å²) < 4.78 is 0. The van der Waals surface area contributed by atoms with Gasteiger partial charge in [0, 0.05) is 6.54 Å². The van der Waals surface area contributed by atoms with E-state index in [1.807, 2.05) is 0 Å². The van der Waals surface area contributed by atoms with Crippen molar-refractivity contribution >= 4 is 0 Å². The van der Waals surface area contributed by atoms with Crippen molar-refractivity contribution in [2.24, 2.45) is 17.1 Å². The average molecular weight is 186 g/mol. The molecule has 0 bridgehead atoms. The number of rotatable bonds is 7. The van der Waals surface area contributed by atoms with Gasteiger partial charge in [-0.2, -0.15) is 0 Å². The molecule has 0 aromatic carbocycles. The second-order valence-electron chi connectivity index (χ2n) is 4.83. The van der Waals surface area contributed by atoms with Crippen LogP contribution in [0.2, 0.25) is 0 Å². The minimum atomic E-state index is 0.433. The lowest BCUT2D eigenvalue weighted by Gasteiger charge is -2.24. The molecule has 0 fully saturated rings. The molecule has 0 aromatic rings. The van der Waals surface area contributed by atoms with E-state index in [1.54, 1.807) is 0 Å². The zero-order valence-corrected chi connectivity index (χ0v) is 9.69. The van der Waals surface area contributed by atoms with Crippen LogP contribution in [-0.4, -0.2) is 19.6 Å². The summed E-state index contributed by atoms with van der Waals surface area (Å²) in [5, 5.41) is 3.51. The van der Waals surface area contributed by atoms with E-state index >= 15 is 0 Å². The molecule has 0 aliphatic heterocycles. The lowest BCUT2D eigenvalue weighted by Crippen LogP contribution is -2.32. The van der Waals surface area contributed by atoms with Gasteiger partial charge in [-0.3, -0.25) is 0 Å². The Bertz CT molecular complexity index is 121. The monoisotopic (exact) mass is 186 g/mol. The Morgan fingerprint density at radius 3 is 2.46 bits per heavy atom. The molecule has 3 N–H and O–H groups in total. The first-order valence-electron chi connectivity index (χ1n) is 5.42. The third kappa shape index (κ3) is 7.03. The zero-order chi connectivity index (χ0) is 10.3. The number of hydrogen-bond acceptors (Lipinski definition) is 2. The molecule has 0 saturated heterocycles. The van der Waals surface area contributed by atoms with Gasteiger partial charge in [0.05, 0.1) is 0 Å². The summed E-state index contributed by atoms with van der Waals surface area (Å²) in [6, 6.07) is 0. The van der Waals surface area contributed by atoms with Gasteiger partial charge in [-0.25, -0.2) is 0 Å². The van der Waals surface area contributed by atoms with Crippen LogP contribution in [0.5, 0.6) is 0 Å². The highest BCUT2D eigenvalue weighted by Gasteiger charge is 2.14. The summed E-state index contributed by atoms with van der Waals surface area (Å²) in [5.41, 5.74) is 5.92. The van der Waals surface area contributed by atoms with Crippen molar-refractivity contribution in [3.05, 3.63) is 0 Å². The standard InChI is InChI=1S/C11H26N2/c1-5-11(3,4)9-13-8-10(2)6-7-12/h10,13H,5-9,12H2,1-4H3. The molecule has 0 spiro atoms.